The van der Waals surface area contributed by atoms with Gasteiger partial charge in [0.1, 0.15) is 0 Å². The van der Waals surface area contributed by atoms with E-state index in [0.717, 1.165) is 47.3 Å². The average molecular weight is 377 g/mol. The molecular weight excluding hydrogens is 354 g/mol. The second-order valence-corrected chi connectivity index (χ2v) is 7.45. The largest absolute Gasteiger partial charge is 0.318 e. The monoisotopic (exact) mass is 377 g/mol. The summed E-state index contributed by atoms with van der Waals surface area (Å²) in [7, 11) is 0. The molecule has 0 spiro atoms. The van der Waals surface area contributed by atoms with E-state index >= 15 is 0 Å². The number of anilines is 3. The van der Waals surface area contributed by atoms with E-state index in [2.05, 4.69) is 10.6 Å². The van der Waals surface area contributed by atoms with Crippen molar-refractivity contribution >= 4 is 34.8 Å². The minimum absolute atomic E-state index is 0.165. The number of nitrogens with one attached hydrogen (secondary N) is 2. The van der Waals surface area contributed by atoms with Crippen molar-refractivity contribution in [1.29, 1.82) is 0 Å². The molecule has 3 amide bonds. The van der Waals surface area contributed by atoms with Gasteiger partial charge in [0.2, 0.25) is 5.91 Å². The molecule has 2 aliphatic heterocycles. The van der Waals surface area contributed by atoms with Crippen LogP contribution in [-0.2, 0) is 27.2 Å². The van der Waals surface area contributed by atoms with Gasteiger partial charge < -0.3 is 15.5 Å². The van der Waals surface area contributed by atoms with Gasteiger partial charge >= 0.3 is 11.8 Å². The van der Waals surface area contributed by atoms with E-state index in [1.165, 1.54) is 0 Å². The van der Waals surface area contributed by atoms with E-state index in [-0.39, 0.29) is 5.91 Å². The van der Waals surface area contributed by atoms with Gasteiger partial charge in [-0.3, -0.25) is 14.4 Å². The first kappa shape index (κ1) is 18.2. The molecule has 0 radical (unpaired) electrons. The number of nitrogens with zero attached hydrogens (tertiary/aromatic N) is 1. The molecule has 6 nitrogen and oxygen atoms in total. The fourth-order valence-electron chi connectivity index (χ4n) is 3.98. The Morgan fingerprint density at radius 3 is 2.46 bits per heavy atom. The molecule has 0 saturated carbocycles. The summed E-state index contributed by atoms with van der Waals surface area (Å²) >= 11 is 0. The van der Waals surface area contributed by atoms with Crippen LogP contribution in [0.3, 0.4) is 0 Å². The number of hydrogen-bond acceptors (Lipinski definition) is 3. The van der Waals surface area contributed by atoms with Crippen molar-refractivity contribution in [3.8, 4) is 0 Å². The van der Waals surface area contributed by atoms with Gasteiger partial charge in [-0.25, -0.2) is 0 Å². The lowest BCUT2D eigenvalue weighted by atomic mass is 9.91. The predicted octanol–water partition coefficient (Wildman–Crippen LogP) is 3.11. The Morgan fingerprint density at radius 1 is 0.964 bits per heavy atom. The molecule has 144 valence electrons. The van der Waals surface area contributed by atoms with Crippen molar-refractivity contribution in [2.45, 2.75) is 39.5 Å². The third-order valence-corrected chi connectivity index (χ3v) is 5.59. The van der Waals surface area contributed by atoms with Gasteiger partial charge in [0.15, 0.2) is 0 Å². The topological polar surface area (TPSA) is 78.5 Å². The molecule has 2 aliphatic rings. The molecule has 0 aliphatic carbocycles. The lowest BCUT2D eigenvalue weighted by Gasteiger charge is -2.35. The van der Waals surface area contributed by atoms with Crippen LogP contribution in [0.5, 0.6) is 0 Å². The summed E-state index contributed by atoms with van der Waals surface area (Å²) in [5, 5.41) is 5.40. The summed E-state index contributed by atoms with van der Waals surface area (Å²) in [5.41, 5.74) is 6.34. The van der Waals surface area contributed by atoms with Gasteiger partial charge in [-0.05, 0) is 73.6 Å². The van der Waals surface area contributed by atoms with E-state index in [9.17, 15) is 14.4 Å². The highest BCUT2D eigenvalue weighted by Crippen LogP contribution is 2.37. The molecule has 2 N–H and O–H groups in total. The summed E-state index contributed by atoms with van der Waals surface area (Å²) in [6.45, 7) is 4.62. The first-order valence-corrected chi connectivity index (χ1v) is 9.59. The van der Waals surface area contributed by atoms with Crippen molar-refractivity contribution in [2.24, 2.45) is 0 Å². The second-order valence-electron chi connectivity index (χ2n) is 7.45. The van der Waals surface area contributed by atoms with Crippen LogP contribution < -0.4 is 15.5 Å². The number of benzene rings is 2. The molecule has 0 fully saturated rings. The molecule has 2 aromatic rings. The van der Waals surface area contributed by atoms with Crippen LogP contribution in [0, 0.1) is 13.8 Å². The molecule has 4 rings (SSSR count). The van der Waals surface area contributed by atoms with Crippen LogP contribution in [0.1, 0.15) is 35.1 Å². The lowest BCUT2D eigenvalue weighted by molar-refractivity contribution is -0.133. The van der Waals surface area contributed by atoms with E-state index in [4.69, 9.17) is 0 Å². The van der Waals surface area contributed by atoms with Crippen LogP contribution in [0.4, 0.5) is 17.1 Å². The molecule has 6 heteroatoms. The lowest BCUT2D eigenvalue weighted by Crippen LogP contribution is -2.39. The maximum atomic E-state index is 12.4. The third-order valence-electron chi connectivity index (χ3n) is 5.59. The number of aryl methyl sites for hydroxylation is 3. The maximum absolute atomic E-state index is 12.4. The normalized spacial score (nSPS) is 15.1. The predicted molar refractivity (Wildman–Crippen MR) is 109 cm³/mol. The van der Waals surface area contributed by atoms with Gasteiger partial charge in [0.05, 0.1) is 5.69 Å². The molecule has 2 heterocycles. The number of carbonyl (C=O) groups excluding carboxylic acids is 3. The van der Waals surface area contributed by atoms with Crippen LogP contribution in [0.25, 0.3) is 0 Å². The third kappa shape index (κ3) is 3.26. The van der Waals surface area contributed by atoms with Crippen LogP contribution in [-0.4, -0.2) is 24.3 Å². The van der Waals surface area contributed by atoms with Crippen LogP contribution in [0.2, 0.25) is 0 Å². The van der Waals surface area contributed by atoms with Crippen molar-refractivity contribution < 1.29 is 14.4 Å². The zero-order valence-corrected chi connectivity index (χ0v) is 16.1. The Labute approximate surface area is 163 Å². The Kier molecular flexibility index (Phi) is 4.63. The molecule has 0 aromatic heterocycles. The fourth-order valence-corrected chi connectivity index (χ4v) is 3.98. The zero-order valence-electron chi connectivity index (χ0n) is 16.1. The van der Waals surface area contributed by atoms with Gasteiger partial charge in [-0.2, -0.15) is 0 Å². The zero-order chi connectivity index (χ0) is 19.8. The van der Waals surface area contributed by atoms with Crippen molar-refractivity contribution in [1.82, 2.24) is 0 Å². The Morgan fingerprint density at radius 2 is 1.68 bits per heavy atom. The Bertz CT molecular complexity index is 980. The number of rotatable bonds is 2. The summed E-state index contributed by atoms with van der Waals surface area (Å²) < 4.78 is 0. The van der Waals surface area contributed by atoms with Gasteiger partial charge in [0, 0.05) is 24.3 Å². The first-order chi connectivity index (χ1) is 13.4. The summed E-state index contributed by atoms with van der Waals surface area (Å²) in [4.78, 5) is 38.8. The van der Waals surface area contributed by atoms with Crippen molar-refractivity contribution in [2.75, 3.05) is 22.1 Å². The Balaban J connectivity index is 1.53. The number of amides is 3. The van der Waals surface area contributed by atoms with Gasteiger partial charge in [-0.1, -0.05) is 12.1 Å². The quantitative estimate of drug-likeness (QED) is 0.790. The molecular formula is C22H23N3O3. The summed E-state index contributed by atoms with van der Waals surface area (Å²) in [6, 6.07) is 9.34. The fraction of sp³-hybridized carbons (Fsp3) is 0.318. The van der Waals surface area contributed by atoms with Gasteiger partial charge in [-0.15, -0.1) is 0 Å². The molecule has 0 bridgehead atoms. The smallest absolute Gasteiger partial charge is 0.314 e. The molecule has 2 aromatic carbocycles. The second kappa shape index (κ2) is 7.11. The molecule has 28 heavy (non-hydrogen) atoms. The van der Waals surface area contributed by atoms with E-state index in [1.807, 2.05) is 43.0 Å². The van der Waals surface area contributed by atoms with Crippen molar-refractivity contribution in [3.63, 3.8) is 0 Å². The minimum Gasteiger partial charge on any atom is -0.318 e. The van der Waals surface area contributed by atoms with Crippen LogP contribution in [0.15, 0.2) is 30.3 Å². The first-order valence-electron chi connectivity index (χ1n) is 9.59. The molecule has 0 saturated heterocycles. The van der Waals surface area contributed by atoms with E-state index < -0.39 is 11.8 Å². The summed E-state index contributed by atoms with van der Waals surface area (Å²) in [5.74, 6) is -1.23. The van der Waals surface area contributed by atoms with E-state index in [0.29, 0.717) is 24.2 Å². The number of hydrogen-bond donors (Lipinski definition) is 2. The van der Waals surface area contributed by atoms with Crippen LogP contribution >= 0.6 is 0 Å². The van der Waals surface area contributed by atoms with Crippen molar-refractivity contribution in [3.05, 3.63) is 52.6 Å². The van der Waals surface area contributed by atoms with Gasteiger partial charge in [0.25, 0.3) is 0 Å². The highest BCUT2D eigenvalue weighted by molar-refractivity contribution is 6.43. The number of carbonyl (C=O) groups is 3. The highest BCUT2D eigenvalue weighted by Gasteiger charge is 2.30. The SMILES string of the molecule is Cc1cccc(NC(=O)C(=O)Nc2cc3c4c(c2)CCC(=O)N4CCC3)c1C. The maximum Gasteiger partial charge on any atom is 0.314 e. The Hall–Kier alpha value is -3.15. The van der Waals surface area contributed by atoms with E-state index in [1.54, 1.807) is 6.07 Å². The minimum atomic E-state index is -0.701. The average Bonchev–Trinajstić information content (AvgIpc) is 2.68. The molecule has 0 atom stereocenters. The highest BCUT2D eigenvalue weighted by atomic mass is 16.2. The standard InChI is InChI=1S/C22H23N3O3/c1-13-5-3-7-18(14(13)2)24-22(28)21(27)23-17-11-15-6-4-10-25-19(26)9-8-16(12-17)20(15)25/h3,5,7,11-12H,4,6,8-10H2,1-2H3,(H,23,27)(H,24,28). The summed E-state index contributed by atoms with van der Waals surface area (Å²) in [6.07, 6.45) is 2.92. The molecule has 0 unspecified atom stereocenters.